The summed E-state index contributed by atoms with van der Waals surface area (Å²) in [6.07, 6.45) is 3.74. The predicted octanol–water partition coefficient (Wildman–Crippen LogP) is 2.37. The number of para-hydroxylation sites is 1. The summed E-state index contributed by atoms with van der Waals surface area (Å²) in [5.41, 5.74) is 0.565. The van der Waals surface area contributed by atoms with Crippen molar-refractivity contribution < 1.29 is 4.74 Å². The number of nitriles is 1. The van der Waals surface area contributed by atoms with E-state index in [0.717, 1.165) is 0 Å². The summed E-state index contributed by atoms with van der Waals surface area (Å²) in [6, 6.07) is 11.9. The van der Waals surface area contributed by atoms with Crippen molar-refractivity contribution in [3.05, 3.63) is 48.3 Å². The fraction of sp³-hybridized carbons (Fsp3) is 0.375. The van der Waals surface area contributed by atoms with Crippen LogP contribution in [0.3, 0.4) is 0 Å². The van der Waals surface area contributed by atoms with Gasteiger partial charge < -0.3 is 10.1 Å². The van der Waals surface area contributed by atoms with Crippen LogP contribution in [0.25, 0.3) is 0 Å². The van der Waals surface area contributed by atoms with E-state index in [1.54, 1.807) is 12.3 Å². The molecule has 0 spiro atoms. The molecule has 1 N–H and O–H groups in total. The summed E-state index contributed by atoms with van der Waals surface area (Å²) in [6.45, 7) is 5.48. The van der Waals surface area contributed by atoms with Crippen molar-refractivity contribution in [2.45, 2.75) is 25.9 Å². The molecule has 0 aliphatic rings. The third kappa shape index (κ3) is 4.07. The van der Waals surface area contributed by atoms with E-state index in [9.17, 15) is 0 Å². The molecule has 1 aromatic heterocycles. The molecule has 2 aromatic rings. The molecule has 5 heteroatoms. The van der Waals surface area contributed by atoms with E-state index < -0.39 is 0 Å². The molecule has 0 aliphatic carbocycles. The second-order valence-electron chi connectivity index (χ2n) is 4.93. The monoisotopic (exact) mass is 284 g/mol. The lowest BCUT2D eigenvalue weighted by Gasteiger charge is -2.21. The van der Waals surface area contributed by atoms with Crippen LogP contribution in [-0.2, 0) is 0 Å². The van der Waals surface area contributed by atoms with Gasteiger partial charge in [-0.25, -0.2) is 0 Å². The summed E-state index contributed by atoms with van der Waals surface area (Å²) >= 11 is 0. The molecule has 0 bridgehead atoms. The van der Waals surface area contributed by atoms with Gasteiger partial charge in [0, 0.05) is 25.0 Å². The van der Waals surface area contributed by atoms with Gasteiger partial charge in [0.05, 0.1) is 11.6 Å². The Balaban J connectivity index is 1.76. The molecule has 2 rings (SSSR count). The number of aromatic nitrogens is 2. The minimum absolute atomic E-state index is 0.270. The number of rotatable bonds is 7. The first-order chi connectivity index (χ1) is 10.2. The third-order valence-corrected chi connectivity index (χ3v) is 3.50. The van der Waals surface area contributed by atoms with Gasteiger partial charge in [0.25, 0.3) is 0 Å². The van der Waals surface area contributed by atoms with Gasteiger partial charge in [-0.05, 0) is 32.0 Å². The zero-order valence-corrected chi connectivity index (χ0v) is 12.4. The zero-order valence-electron chi connectivity index (χ0n) is 12.4. The average Bonchev–Trinajstić information content (AvgIpc) is 3.05. The van der Waals surface area contributed by atoms with Crippen molar-refractivity contribution in [1.82, 2.24) is 15.1 Å². The summed E-state index contributed by atoms with van der Waals surface area (Å²) in [7, 11) is 0. The van der Waals surface area contributed by atoms with E-state index in [1.165, 1.54) is 0 Å². The first-order valence-electron chi connectivity index (χ1n) is 7.07. The molecule has 21 heavy (non-hydrogen) atoms. The predicted molar refractivity (Wildman–Crippen MR) is 81.1 cm³/mol. The lowest BCUT2D eigenvalue weighted by atomic mass is 10.2. The Kier molecular flexibility index (Phi) is 5.35. The Morgan fingerprint density at radius 1 is 1.33 bits per heavy atom. The highest BCUT2D eigenvalue weighted by atomic mass is 16.5. The summed E-state index contributed by atoms with van der Waals surface area (Å²) in [5.74, 6) is 0.634. The van der Waals surface area contributed by atoms with Gasteiger partial charge in [-0.1, -0.05) is 12.1 Å². The Bertz CT molecular complexity index is 589. The van der Waals surface area contributed by atoms with E-state index in [-0.39, 0.29) is 12.1 Å². The molecule has 0 unspecified atom stereocenters. The molecule has 0 saturated heterocycles. The van der Waals surface area contributed by atoms with E-state index in [4.69, 9.17) is 10.00 Å². The topological polar surface area (TPSA) is 62.9 Å². The van der Waals surface area contributed by atoms with Crippen molar-refractivity contribution in [1.29, 1.82) is 5.26 Å². The van der Waals surface area contributed by atoms with E-state index in [0.29, 0.717) is 24.5 Å². The van der Waals surface area contributed by atoms with Gasteiger partial charge in [0.15, 0.2) is 0 Å². The summed E-state index contributed by atoms with van der Waals surface area (Å²) in [5, 5.41) is 16.6. The van der Waals surface area contributed by atoms with Gasteiger partial charge in [-0.15, -0.1) is 0 Å². The standard InChI is InChI=1S/C16H20N4O/c1-13(14(2)20-10-5-8-19-20)18-9-11-21-16-7-4-3-6-15(16)12-17/h3-8,10,13-14,18H,9,11H2,1-2H3/t13-,14+/m1/s1. The van der Waals surface area contributed by atoms with Crippen LogP contribution in [0.1, 0.15) is 25.5 Å². The maximum absolute atomic E-state index is 8.99. The first kappa shape index (κ1) is 15.1. The van der Waals surface area contributed by atoms with Gasteiger partial charge in [0.2, 0.25) is 0 Å². The van der Waals surface area contributed by atoms with Crippen molar-refractivity contribution >= 4 is 0 Å². The van der Waals surface area contributed by atoms with Crippen LogP contribution in [0.2, 0.25) is 0 Å². The largest absolute Gasteiger partial charge is 0.491 e. The maximum atomic E-state index is 8.99. The second-order valence-corrected chi connectivity index (χ2v) is 4.93. The number of hydrogen-bond acceptors (Lipinski definition) is 4. The minimum Gasteiger partial charge on any atom is -0.491 e. The second kappa shape index (κ2) is 7.46. The zero-order chi connectivity index (χ0) is 15.1. The Morgan fingerprint density at radius 2 is 2.14 bits per heavy atom. The molecule has 0 saturated carbocycles. The van der Waals surface area contributed by atoms with Gasteiger partial charge >= 0.3 is 0 Å². The molecule has 0 amide bonds. The maximum Gasteiger partial charge on any atom is 0.137 e. The van der Waals surface area contributed by atoms with Crippen LogP contribution < -0.4 is 10.1 Å². The van der Waals surface area contributed by atoms with Crippen molar-refractivity contribution in [3.8, 4) is 11.8 Å². The Hall–Kier alpha value is -2.32. The molecule has 0 radical (unpaired) electrons. The smallest absolute Gasteiger partial charge is 0.137 e. The summed E-state index contributed by atoms with van der Waals surface area (Å²) in [4.78, 5) is 0. The number of benzene rings is 1. The lowest BCUT2D eigenvalue weighted by molar-refractivity contribution is 0.288. The number of hydrogen-bond donors (Lipinski definition) is 1. The van der Waals surface area contributed by atoms with Gasteiger partial charge in [0.1, 0.15) is 18.4 Å². The van der Waals surface area contributed by atoms with Gasteiger partial charge in [-0.3, -0.25) is 4.68 Å². The van der Waals surface area contributed by atoms with E-state index >= 15 is 0 Å². The molecule has 0 aliphatic heterocycles. The normalized spacial score (nSPS) is 13.4. The number of nitrogens with one attached hydrogen (secondary N) is 1. The molecule has 1 aromatic carbocycles. The number of ether oxygens (including phenoxy) is 1. The fourth-order valence-corrected chi connectivity index (χ4v) is 2.05. The van der Waals surface area contributed by atoms with Crippen molar-refractivity contribution in [2.75, 3.05) is 13.2 Å². The van der Waals surface area contributed by atoms with Crippen molar-refractivity contribution in [3.63, 3.8) is 0 Å². The molecule has 2 atom stereocenters. The average molecular weight is 284 g/mol. The molecular formula is C16H20N4O. The summed E-state index contributed by atoms with van der Waals surface area (Å²) < 4.78 is 7.58. The number of nitrogens with zero attached hydrogens (tertiary/aromatic N) is 3. The molecule has 5 nitrogen and oxygen atoms in total. The first-order valence-corrected chi connectivity index (χ1v) is 7.07. The SMILES string of the molecule is C[C@@H](NCCOc1ccccc1C#N)[C@H](C)n1cccn1. The Morgan fingerprint density at radius 3 is 2.86 bits per heavy atom. The van der Waals surface area contributed by atoms with Gasteiger partial charge in [-0.2, -0.15) is 10.4 Å². The van der Waals surface area contributed by atoms with Crippen LogP contribution in [0.5, 0.6) is 5.75 Å². The molecule has 1 heterocycles. The minimum atomic E-state index is 0.270. The third-order valence-electron chi connectivity index (χ3n) is 3.50. The van der Waals surface area contributed by atoms with Crippen LogP contribution in [0.4, 0.5) is 0 Å². The highest BCUT2D eigenvalue weighted by Gasteiger charge is 2.13. The lowest BCUT2D eigenvalue weighted by Crippen LogP contribution is -2.36. The fourth-order valence-electron chi connectivity index (χ4n) is 2.05. The van der Waals surface area contributed by atoms with Crippen molar-refractivity contribution in [2.24, 2.45) is 0 Å². The highest BCUT2D eigenvalue weighted by molar-refractivity contribution is 5.42. The van der Waals surface area contributed by atoms with Crippen LogP contribution in [-0.4, -0.2) is 29.0 Å². The van der Waals surface area contributed by atoms with Crippen LogP contribution in [0.15, 0.2) is 42.7 Å². The molecule has 110 valence electrons. The van der Waals surface area contributed by atoms with Crippen LogP contribution in [0, 0.1) is 11.3 Å². The molecule has 0 fully saturated rings. The molecular weight excluding hydrogens is 264 g/mol. The van der Waals surface area contributed by atoms with E-state index in [2.05, 4.69) is 30.3 Å². The highest BCUT2D eigenvalue weighted by Crippen LogP contribution is 2.16. The van der Waals surface area contributed by atoms with E-state index in [1.807, 2.05) is 35.1 Å². The Labute approximate surface area is 125 Å². The van der Waals surface area contributed by atoms with Crippen LogP contribution >= 0.6 is 0 Å². The quantitative estimate of drug-likeness (QED) is 0.793.